The molecule has 0 amide bonds. The maximum atomic E-state index is 12.3. The third kappa shape index (κ3) is 3.12. The highest BCUT2D eigenvalue weighted by atomic mass is 32.2. The lowest BCUT2D eigenvalue weighted by Gasteiger charge is -2.15. The van der Waals surface area contributed by atoms with Crippen LogP contribution < -0.4 is 4.72 Å². The van der Waals surface area contributed by atoms with Crippen molar-refractivity contribution in [2.75, 3.05) is 11.8 Å². The van der Waals surface area contributed by atoms with Crippen LogP contribution in [0.2, 0.25) is 0 Å². The first-order valence-electron chi connectivity index (χ1n) is 6.64. The zero-order valence-electron chi connectivity index (χ0n) is 11.7. The molecule has 1 aliphatic carbocycles. The SMILES string of the molecule is COC(=O)c1cc(C)ccc1NS(=O)(=O)C1CCCC1. The summed E-state index contributed by atoms with van der Waals surface area (Å²) in [5.74, 6) is -0.544. The normalized spacial score (nSPS) is 16.1. The van der Waals surface area contributed by atoms with Crippen LogP contribution in [0, 0.1) is 6.92 Å². The third-order valence-corrected chi connectivity index (χ3v) is 5.43. The summed E-state index contributed by atoms with van der Waals surface area (Å²) in [6.07, 6.45) is 3.22. The number of carbonyl (C=O) groups is 1. The smallest absolute Gasteiger partial charge is 0.340 e. The Hall–Kier alpha value is -1.56. The van der Waals surface area contributed by atoms with Crippen LogP contribution in [-0.4, -0.2) is 26.7 Å². The summed E-state index contributed by atoms with van der Waals surface area (Å²) in [6, 6.07) is 4.99. The minimum absolute atomic E-state index is 0.245. The first-order valence-corrected chi connectivity index (χ1v) is 8.19. The molecule has 110 valence electrons. The van der Waals surface area contributed by atoms with Gasteiger partial charge in [0, 0.05) is 0 Å². The number of sulfonamides is 1. The Morgan fingerprint density at radius 3 is 2.55 bits per heavy atom. The molecule has 20 heavy (non-hydrogen) atoms. The lowest BCUT2D eigenvalue weighted by atomic mass is 10.1. The minimum Gasteiger partial charge on any atom is -0.465 e. The van der Waals surface area contributed by atoms with Crippen molar-refractivity contribution in [3.63, 3.8) is 0 Å². The van der Waals surface area contributed by atoms with E-state index in [0.29, 0.717) is 12.8 Å². The van der Waals surface area contributed by atoms with E-state index in [2.05, 4.69) is 4.72 Å². The van der Waals surface area contributed by atoms with E-state index in [0.717, 1.165) is 18.4 Å². The van der Waals surface area contributed by atoms with E-state index >= 15 is 0 Å². The van der Waals surface area contributed by atoms with E-state index in [1.807, 2.05) is 6.92 Å². The number of nitrogens with one attached hydrogen (secondary N) is 1. The fourth-order valence-corrected chi connectivity index (χ4v) is 4.07. The van der Waals surface area contributed by atoms with Crippen LogP contribution in [0.5, 0.6) is 0 Å². The lowest BCUT2D eigenvalue weighted by molar-refractivity contribution is 0.0602. The summed E-state index contributed by atoms with van der Waals surface area (Å²) in [4.78, 5) is 11.7. The quantitative estimate of drug-likeness (QED) is 0.867. The summed E-state index contributed by atoms with van der Waals surface area (Å²) in [5.41, 5.74) is 1.40. The number of rotatable bonds is 4. The highest BCUT2D eigenvalue weighted by molar-refractivity contribution is 7.93. The number of ether oxygens (including phenoxy) is 1. The number of hydrogen-bond acceptors (Lipinski definition) is 4. The molecule has 0 unspecified atom stereocenters. The molecule has 1 aliphatic rings. The highest BCUT2D eigenvalue weighted by Gasteiger charge is 2.29. The average Bonchev–Trinajstić information content (AvgIpc) is 2.94. The Kier molecular flexibility index (Phi) is 4.32. The van der Waals surface area contributed by atoms with E-state index in [4.69, 9.17) is 4.74 Å². The molecule has 2 rings (SSSR count). The molecule has 0 bridgehead atoms. The first-order chi connectivity index (χ1) is 9.44. The lowest BCUT2D eigenvalue weighted by Crippen LogP contribution is -2.26. The molecule has 0 atom stereocenters. The Labute approximate surface area is 119 Å². The van der Waals surface area contributed by atoms with E-state index in [1.165, 1.54) is 7.11 Å². The van der Waals surface area contributed by atoms with Crippen LogP contribution in [-0.2, 0) is 14.8 Å². The van der Waals surface area contributed by atoms with Crippen molar-refractivity contribution in [1.29, 1.82) is 0 Å². The van der Waals surface area contributed by atoms with Gasteiger partial charge in [-0.3, -0.25) is 4.72 Å². The summed E-state index contributed by atoms with van der Waals surface area (Å²) in [7, 11) is -2.17. The van der Waals surface area contributed by atoms with Gasteiger partial charge in [-0.15, -0.1) is 0 Å². The van der Waals surface area contributed by atoms with Gasteiger partial charge in [-0.2, -0.15) is 0 Å². The topological polar surface area (TPSA) is 72.5 Å². The molecule has 0 aromatic heterocycles. The van der Waals surface area contributed by atoms with E-state index < -0.39 is 16.0 Å². The summed E-state index contributed by atoms with van der Waals surface area (Å²) in [5, 5.41) is -0.366. The van der Waals surface area contributed by atoms with Gasteiger partial charge in [0.05, 0.1) is 23.6 Å². The molecule has 0 aliphatic heterocycles. The van der Waals surface area contributed by atoms with Gasteiger partial charge in [0.25, 0.3) is 0 Å². The van der Waals surface area contributed by atoms with Gasteiger partial charge >= 0.3 is 5.97 Å². The maximum absolute atomic E-state index is 12.3. The van der Waals surface area contributed by atoms with Crippen molar-refractivity contribution in [2.45, 2.75) is 37.9 Å². The molecule has 1 saturated carbocycles. The average molecular weight is 297 g/mol. The fraction of sp³-hybridized carbons (Fsp3) is 0.500. The van der Waals surface area contributed by atoms with Crippen molar-refractivity contribution in [2.24, 2.45) is 0 Å². The van der Waals surface area contributed by atoms with Gasteiger partial charge in [-0.05, 0) is 31.9 Å². The monoisotopic (exact) mass is 297 g/mol. The van der Waals surface area contributed by atoms with E-state index in [-0.39, 0.29) is 16.5 Å². The molecule has 5 nitrogen and oxygen atoms in total. The number of aryl methyl sites for hydroxylation is 1. The van der Waals surface area contributed by atoms with Crippen LogP contribution in [0.15, 0.2) is 18.2 Å². The summed E-state index contributed by atoms with van der Waals surface area (Å²) >= 11 is 0. The Bertz CT molecular complexity index is 604. The third-order valence-electron chi connectivity index (χ3n) is 3.57. The van der Waals surface area contributed by atoms with Crippen LogP contribution >= 0.6 is 0 Å². The van der Waals surface area contributed by atoms with Crippen LogP contribution in [0.3, 0.4) is 0 Å². The van der Waals surface area contributed by atoms with Crippen molar-refractivity contribution in [3.05, 3.63) is 29.3 Å². The predicted octanol–water partition coefficient (Wildman–Crippen LogP) is 2.47. The molecule has 1 aromatic rings. The predicted molar refractivity (Wildman–Crippen MR) is 77.3 cm³/mol. The van der Waals surface area contributed by atoms with Gasteiger partial charge in [-0.1, -0.05) is 24.5 Å². The second kappa shape index (κ2) is 5.83. The number of methoxy groups -OCH3 is 1. The highest BCUT2D eigenvalue weighted by Crippen LogP contribution is 2.27. The standard InChI is InChI=1S/C14H19NO4S/c1-10-7-8-13(12(9-10)14(16)19-2)15-20(17,18)11-5-3-4-6-11/h7-9,11,15H,3-6H2,1-2H3. The van der Waals surface area contributed by atoms with Gasteiger partial charge in [-0.25, -0.2) is 13.2 Å². The van der Waals surface area contributed by atoms with Crippen LogP contribution in [0.25, 0.3) is 0 Å². The molecule has 0 spiro atoms. The van der Waals surface area contributed by atoms with Crippen molar-refractivity contribution < 1.29 is 17.9 Å². The zero-order valence-corrected chi connectivity index (χ0v) is 12.5. The number of hydrogen-bond donors (Lipinski definition) is 1. The van der Waals surface area contributed by atoms with E-state index in [1.54, 1.807) is 18.2 Å². The zero-order chi connectivity index (χ0) is 14.8. The Morgan fingerprint density at radius 1 is 1.30 bits per heavy atom. The fourth-order valence-electron chi connectivity index (χ4n) is 2.46. The first kappa shape index (κ1) is 14.8. The largest absolute Gasteiger partial charge is 0.465 e. The second-order valence-electron chi connectivity index (χ2n) is 5.09. The molecular formula is C14H19NO4S. The number of benzene rings is 1. The summed E-state index contributed by atoms with van der Waals surface area (Å²) < 4.78 is 31.8. The van der Waals surface area contributed by atoms with Gasteiger partial charge in [0.1, 0.15) is 0 Å². The van der Waals surface area contributed by atoms with E-state index in [9.17, 15) is 13.2 Å². The molecule has 0 heterocycles. The van der Waals surface area contributed by atoms with Crippen molar-refractivity contribution in [1.82, 2.24) is 0 Å². The molecule has 6 heteroatoms. The molecule has 0 radical (unpaired) electrons. The number of esters is 1. The molecule has 1 N–H and O–H groups in total. The molecule has 0 saturated heterocycles. The Morgan fingerprint density at radius 2 is 1.95 bits per heavy atom. The Balaban J connectivity index is 2.31. The van der Waals surface area contributed by atoms with Gasteiger partial charge in [0.15, 0.2) is 0 Å². The minimum atomic E-state index is -3.45. The number of anilines is 1. The molecule has 1 fully saturated rings. The van der Waals surface area contributed by atoms with Crippen molar-refractivity contribution >= 4 is 21.7 Å². The molecule has 1 aromatic carbocycles. The maximum Gasteiger partial charge on any atom is 0.340 e. The van der Waals surface area contributed by atoms with Crippen LogP contribution in [0.1, 0.15) is 41.6 Å². The van der Waals surface area contributed by atoms with Crippen molar-refractivity contribution in [3.8, 4) is 0 Å². The van der Waals surface area contributed by atoms with Crippen LogP contribution in [0.4, 0.5) is 5.69 Å². The van der Waals surface area contributed by atoms with Gasteiger partial charge < -0.3 is 4.74 Å². The second-order valence-corrected chi connectivity index (χ2v) is 7.05. The molecular weight excluding hydrogens is 278 g/mol. The number of carbonyl (C=O) groups excluding carboxylic acids is 1. The van der Waals surface area contributed by atoms with Gasteiger partial charge in [0.2, 0.25) is 10.0 Å². The summed E-state index contributed by atoms with van der Waals surface area (Å²) in [6.45, 7) is 1.84.